The van der Waals surface area contributed by atoms with E-state index >= 15 is 0 Å². The van der Waals surface area contributed by atoms with E-state index in [9.17, 15) is 18.0 Å². The van der Waals surface area contributed by atoms with Crippen LogP contribution in [0.1, 0.15) is 15.9 Å². The molecule has 0 bridgehead atoms. The average molecular weight is 344 g/mol. The quantitative estimate of drug-likeness (QED) is 0.661. The summed E-state index contributed by atoms with van der Waals surface area (Å²) in [4.78, 5) is 11.7. The van der Waals surface area contributed by atoms with Crippen molar-refractivity contribution in [3.8, 4) is 5.75 Å². The summed E-state index contributed by atoms with van der Waals surface area (Å²) >= 11 is 5.88. The molecule has 0 spiro atoms. The van der Waals surface area contributed by atoms with Crippen molar-refractivity contribution in [1.82, 2.24) is 5.32 Å². The Hall–Kier alpha value is -2.21. The molecular formula is C16H13ClF3NO2. The van der Waals surface area contributed by atoms with Crippen molar-refractivity contribution in [2.45, 2.75) is 6.92 Å². The maximum Gasteiger partial charge on any atom is 0.254 e. The molecule has 0 aliphatic heterocycles. The van der Waals surface area contributed by atoms with Gasteiger partial charge in [-0.1, -0.05) is 11.6 Å². The minimum Gasteiger partial charge on any atom is -0.492 e. The van der Waals surface area contributed by atoms with Crippen LogP contribution in [0.2, 0.25) is 5.02 Å². The SMILES string of the molecule is Cc1cc(OCCNC(=O)c2ccc(F)c(F)c2F)ccc1Cl. The van der Waals surface area contributed by atoms with E-state index < -0.39 is 28.9 Å². The van der Waals surface area contributed by atoms with Crippen molar-refractivity contribution >= 4 is 17.5 Å². The van der Waals surface area contributed by atoms with E-state index in [-0.39, 0.29) is 13.2 Å². The Morgan fingerprint density at radius 2 is 1.91 bits per heavy atom. The summed E-state index contributed by atoms with van der Waals surface area (Å²) in [7, 11) is 0. The summed E-state index contributed by atoms with van der Waals surface area (Å²) in [6.45, 7) is 2.01. The number of carbonyl (C=O) groups is 1. The molecule has 0 aliphatic carbocycles. The molecule has 0 atom stereocenters. The molecule has 3 nitrogen and oxygen atoms in total. The lowest BCUT2D eigenvalue weighted by Crippen LogP contribution is -2.29. The molecule has 2 rings (SSSR count). The number of ether oxygens (including phenoxy) is 1. The molecule has 122 valence electrons. The maximum absolute atomic E-state index is 13.4. The predicted molar refractivity (Wildman–Crippen MR) is 80.3 cm³/mol. The van der Waals surface area contributed by atoms with Gasteiger partial charge in [0.15, 0.2) is 17.5 Å². The summed E-state index contributed by atoms with van der Waals surface area (Å²) in [5, 5.41) is 2.97. The van der Waals surface area contributed by atoms with Gasteiger partial charge in [0.05, 0.1) is 12.1 Å². The molecule has 0 heterocycles. The zero-order valence-electron chi connectivity index (χ0n) is 12.1. The van der Waals surface area contributed by atoms with Crippen molar-refractivity contribution in [2.75, 3.05) is 13.2 Å². The highest BCUT2D eigenvalue weighted by Crippen LogP contribution is 2.20. The van der Waals surface area contributed by atoms with Gasteiger partial charge in [-0.25, -0.2) is 13.2 Å². The highest BCUT2D eigenvalue weighted by Gasteiger charge is 2.18. The molecule has 0 saturated carbocycles. The third-order valence-corrected chi connectivity index (χ3v) is 3.49. The molecule has 0 aliphatic rings. The minimum atomic E-state index is -1.68. The van der Waals surface area contributed by atoms with Crippen molar-refractivity contribution in [1.29, 1.82) is 0 Å². The second kappa shape index (κ2) is 7.37. The molecule has 0 unspecified atom stereocenters. The van der Waals surface area contributed by atoms with Gasteiger partial charge in [0.2, 0.25) is 0 Å². The van der Waals surface area contributed by atoms with Gasteiger partial charge in [-0.2, -0.15) is 0 Å². The standard InChI is InChI=1S/C16H13ClF3NO2/c1-9-8-10(2-4-12(9)17)23-7-6-21-16(22)11-3-5-13(18)15(20)14(11)19/h2-5,8H,6-7H2,1H3,(H,21,22). The van der Waals surface area contributed by atoms with Crippen LogP contribution in [0.4, 0.5) is 13.2 Å². The molecule has 0 fully saturated rings. The van der Waals surface area contributed by atoms with Crippen LogP contribution in [0, 0.1) is 24.4 Å². The fourth-order valence-electron chi connectivity index (χ4n) is 1.84. The van der Waals surface area contributed by atoms with Crippen LogP contribution in [-0.2, 0) is 0 Å². The van der Waals surface area contributed by atoms with E-state index in [2.05, 4.69) is 5.32 Å². The largest absolute Gasteiger partial charge is 0.492 e. The number of rotatable bonds is 5. The Labute approximate surface area is 136 Å². The fourth-order valence-corrected chi connectivity index (χ4v) is 1.95. The number of hydrogen-bond acceptors (Lipinski definition) is 2. The van der Waals surface area contributed by atoms with Gasteiger partial charge in [0, 0.05) is 5.02 Å². The van der Waals surface area contributed by atoms with Crippen LogP contribution in [0.15, 0.2) is 30.3 Å². The molecule has 1 amide bonds. The number of aryl methyl sites for hydroxylation is 1. The zero-order chi connectivity index (χ0) is 17.0. The van der Waals surface area contributed by atoms with Gasteiger partial charge >= 0.3 is 0 Å². The van der Waals surface area contributed by atoms with Crippen molar-refractivity contribution < 1.29 is 22.7 Å². The van der Waals surface area contributed by atoms with Gasteiger partial charge < -0.3 is 10.1 Å². The highest BCUT2D eigenvalue weighted by atomic mass is 35.5. The van der Waals surface area contributed by atoms with Gasteiger partial charge in [-0.15, -0.1) is 0 Å². The smallest absolute Gasteiger partial charge is 0.254 e. The molecule has 1 N–H and O–H groups in total. The van der Waals surface area contributed by atoms with E-state index in [0.29, 0.717) is 16.8 Å². The Morgan fingerprint density at radius 1 is 1.17 bits per heavy atom. The fraction of sp³-hybridized carbons (Fsp3) is 0.188. The molecule has 2 aromatic carbocycles. The summed E-state index contributed by atoms with van der Waals surface area (Å²) in [5.41, 5.74) is 0.281. The van der Waals surface area contributed by atoms with Crippen LogP contribution in [0.3, 0.4) is 0 Å². The van der Waals surface area contributed by atoms with Gasteiger partial charge in [0.25, 0.3) is 5.91 Å². The molecule has 23 heavy (non-hydrogen) atoms. The van der Waals surface area contributed by atoms with Crippen LogP contribution >= 0.6 is 11.6 Å². The predicted octanol–water partition coefficient (Wildman–Crippen LogP) is 3.87. The highest BCUT2D eigenvalue weighted by molar-refractivity contribution is 6.31. The van der Waals surface area contributed by atoms with E-state index in [4.69, 9.17) is 16.3 Å². The lowest BCUT2D eigenvalue weighted by Gasteiger charge is -2.09. The third-order valence-electron chi connectivity index (χ3n) is 3.07. The van der Waals surface area contributed by atoms with Crippen molar-refractivity contribution in [3.63, 3.8) is 0 Å². The van der Waals surface area contributed by atoms with E-state index in [0.717, 1.165) is 11.6 Å². The number of benzene rings is 2. The molecule has 0 radical (unpaired) electrons. The monoisotopic (exact) mass is 343 g/mol. The lowest BCUT2D eigenvalue weighted by molar-refractivity contribution is 0.0941. The van der Waals surface area contributed by atoms with Crippen LogP contribution in [-0.4, -0.2) is 19.1 Å². The third kappa shape index (κ3) is 4.16. The van der Waals surface area contributed by atoms with Gasteiger partial charge in [-0.05, 0) is 42.8 Å². The van der Waals surface area contributed by atoms with Crippen LogP contribution < -0.4 is 10.1 Å². The molecule has 2 aromatic rings. The van der Waals surface area contributed by atoms with E-state index in [1.807, 2.05) is 6.92 Å². The first-order valence-electron chi connectivity index (χ1n) is 6.71. The average Bonchev–Trinajstić information content (AvgIpc) is 2.52. The summed E-state index contributed by atoms with van der Waals surface area (Å²) in [5.74, 6) is -4.82. The second-order valence-corrected chi connectivity index (χ2v) is 5.15. The number of hydrogen-bond donors (Lipinski definition) is 1. The Balaban J connectivity index is 1.88. The van der Waals surface area contributed by atoms with Gasteiger partial charge in [-0.3, -0.25) is 4.79 Å². The maximum atomic E-state index is 13.4. The Kier molecular flexibility index (Phi) is 5.50. The summed E-state index contributed by atoms with van der Waals surface area (Å²) < 4.78 is 44.7. The Bertz CT molecular complexity index is 738. The molecular weight excluding hydrogens is 331 g/mol. The molecule has 0 aromatic heterocycles. The second-order valence-electron chi connectivity index (χ2n) is 4.74. The van der Waals surface area contributed by atoms with Crippen molar-refractivity contribution in [2.24, 2.45) is 0 Å². The number of halogens is 4. The summed E-state index contributed by atoms with van der Waals surface area (Å²) in [6, 6.07) is 6.67. The van der Waals surface area contributed by atoms with E-state index in [1.165, 1.54) is 0 Å². The zero-order valence-corrected chi connectivity index (χ0v) is 12.9. The minimum absolute atomic E-state index is 0.0684. The summed E-state index contributed by atoms with van der Waals surface area (Å²) in [6.07, 6.45) is 0. The molecule has 7 heteroatoms. The first-order chi connectivity index (χ1) is 10.9. The number of nitrogens with one attached hydrogen (secondary N) is 1. The first-order valence-corrected chi connectivity index (χ1v) is 7.08. The topological polar surface area (TPSA) is 38.3 Å². The normalized spacial score (nSPS) is 10.5. The number of carbonyl (C=O) groups excluding carboxylic acids is 1. The Morgan fingerprint density at radius 3 is 2.61 bits per heavy atom. The van der Waals surface area contributed by atoms with E-state index in [1.54, 1.807) is 18.2 Å². The lowest BCUT2D eigenvalue weighted by atomic mass is 10.2. The van der Waals surface area contributed by atoms with Crippen LogP contribution in [0.5, 0.6) is 5.75 Å². The van der Waals surface area contributed by atoms with Crippen molar-refractivity contribution in [3.05, 3.63) is 63.9 Å². The first kappa shape index (κ1) is 17.1. The molecule has 0 saturated heterocycles. The van der Waals surface area contributed by atoms with Gasteiger partial charge in [0.1, 0.15) is 12.4 Å². The number of amides is 1. The van der Waals surface area contributed by atoms with Crippen LogP contribution in [0.25, 0.3) is 0 Å².